The average molecular weight is 393 g/mol. The second-order valence-corrected chi connectivity index (χ2v) is 8.85. The Morgan fingerprint density at radius 3 is 1.46 bits per heavy atom. The van der Waals surface area contributed by atoms with Crippen LogP contribution in [0, 0.1) is 0 Å². The van der Waals surface area contributed by atoms with E-state index in [1.165, 1.54) is 22.8 Å². The van der Waals surface area contributed by atoms with Gasteiger partial charge in [0.15, 0.2) is 0 Å². The maximum Gasteiger partial charge on any atom is 0.115 e. The Kier molecular flexibility index (Phi) is 8.69. The molecule has 0 amide bonds. The van der Waals surface area contributed by atoms with Crippen LogP contribution in [0.5, 0.6) is 11.5 Å². The summed E-state index contributed by atoms with van der Waals surface area (Å²) in [6.45, 7) is 9.25. The molecule has 0 aliphatic rings. The predicted molar refractivity (Wildman–Crippen MR) is 113 cm³/mol. The summed E-state index contributed by atoms with van der Waals surface area (Å²) in [6, 6.07) is 15.0. The first-order chi connectivity index (χ1) is 12.6. The standard InChI is InChI=1S/C21H29NO2S2/c1-3-13-22(4-2,14-16-25-20-9-5-18(23)6-10-20)15-17-26-21-11-7-19(24)8-12-21/h5-12H,3-4,13-17H2,1-2H3,(H-,23,24)/p+1. The molecule has 2 aromatic carbocycles. The minimum absolute atomic E-state index is 0.324. The van der Waals surface area contributed by atoms with Crippen molar-refractivity contribution in [2.24, 2.45) is 0 Å². The first-order valence-electron chi connectivity index (χ1n) is 9.25. The van der Waals surface area contributed by atoms with Crippen molar-refractivity contribution in [1.82, 2.24) is 0 Å². The third-order valence-electron chi connectivity index (χ3n) is 4.71. The molecule has 0 aromatic heterocycles. The van der Waals surface area contributed by atoms with Crippen LogP contribution in [0.25, 0.3) is 0 Å². The lowest BCUT2D eigenvalue weighted by Crippen LogP contribution is -2.51. The lowest BCUT2D eigenvalue weighted by molar-refractivity contribution is -0.922. The molecule has 0 bridgehead atoms. The highest BCUT2D eigenvalue weighted by Crippen LogP contribution is 2.24. The van der Waals surface area contributed by atoms with Gasteiger partial charge in [-0.2, -0.15) is 0 Å². The van der Waals surface area contributed by atoms with Crippen molar-refractivity contribution in [2.75, 3.05) is 37.7 Å². The van der Waals surface area contributed by atoms with Gasteiger partial charge < -0.3 is 14.7 Å². The van der Waals surface area contributed by atoms with Gasteiger partial charge in [-0.3, -0.25) is 0 Å². The first kappa shape index (κ1) is 21.0. The van der Waals surface area contributed by atoms with E-state index < -0.39 is 0 Å². The van der Waals surface area contributed by atoms with E-state index >= 15 is 0 Å². The number of thioether (sulfide) groups is 2. The lowest BCUT2D eigenvalue weighted by Gasteiger charge is -2.37. The van der Waals surface area contributed by atoms with Crippen LogP contribution in [-0.4, -0.2) is 52.4 Å². The van der Waals surface area contributed by atoms with Gasteiger partial charge in [0, 0.05) is 21.3 Å². The number of rotatable bonds is 11. The van der Waals surface area contributed by atoms with E-state index in [1.54, 1.807) is 24.3 Å². The predicted octanol–water partition coefficient (Wildman–Crippen LogP) is 5.23. The van der Waals surface area contributed by atoms with E-state index in [-0.39, 0.29) is 0 Å². The normalized spacial score (nSPS) is 11.6. The first-order valence-corrected chi connectivity index (χ1v) is 11.2. The van der Waals surface area contributed by atoms with Gasteiger partial charge in [0.05, 0.1) is 26.2 Å². The average Bonchev–Trinajstić information content (AvgIpc) is 2.65. The number of phenolic OH excluding ortho intramolecular Hbond substituents is 2. The summed E-state index contributed by atoms with van der Waals surface area (Å²) < 4.78 is 1.15. The quantitative estimate of drug-likeness (QED) is 0.406. The molecular weight excluding hydrogens is 362 g/mol. The largest absolute Gasteiger partial charge is 0.508 e. The number of benzene rings is 2. The second kappa shape index (κ2) is 10.8. The topological polar surface area (TPSA) is 40.5 Å². The zero-order chi connectivity index (χ0) is 18.8. The summed E-state index contributed by atoms with van der Waals surface area (Å²) in [5.74, 6) is 2.82. The van der Waals surface area contributed by atoms with Crippen LogP contribution in [0.3, 0.4) is 0 Å². The third-order valence-corrected chi connectivity index (χ3v) is 6.70. The van der Waals surface area contributed by atoms with Crippen LogP contribution in [-0.2, 0) is 0 Å². The van der Waals surface area contributed by atoms with E-state index in [0.29, 0.717) is 11.5 Å². The molecule has 0 aliphatic carbocycles. The van der Waals surface area contributed by atoms with Crippen molar-refractivity contribution >= 4 is 23.5 Å². The molecule has 0 saturated carbocycles. The molecule has 0 spiro atoms. The van der Waals surface area contributed by atoms with Crippen molar-refractivity contribution in [2.45, 2.75) is 30.1 Å². The Hall–Kier alpha value is -1.30. The molecule has 0 atom stereocenters. The third kappa shape index (κ3) is 6.78. The van der Waals surface area contributed by atoms with Crippen LogP contribution in [0.2, 0.25) is 0 Å². The molecule has 2 N–H and O–H groups in total. The summed E-state index contributed by atoms with van der Waals surface area (Å²) in [5, 5.41) is 18.8. The summed E-state index contributed by atoms with van der Waals surface area (Å²) in [4.78, 5) is 2.43. The summed E-state index contributed by atoms with van der Waals surface area (Å²) in [6.07, 6.45) is 1.20. The van der Waals surface area contributed by atoms with Gasteiger partial charge in [-0.1, -0.05) is 6.92 Å². The van der Waals surface area contributed by atoms with Crippen molar-refractivity contribution in [3.05, 3.63) is 48.5 Å². The Labute approximate surface area is 166 Å². The molecule has 0 radical (unpaired) electrons. The van der Waals surface area contributed by atoms with Crippen molar-refractivity contribution in [1.29, 1.82) is 0 Å². The monoisotopic (exact) mass is 392 g/mol. The smallest absolute Gasteiger partial charge is 0.115 e. The van der Waals surface area contributed by atoms with Gasteiger partial charge >= 0.3 is 0 Å². The fraction of sp³-hybridized carbons (Fsp3) is 0.429. The molecule has 5 heteroatoms. The van der Waals surface area contributed by atoms with Gasteiger partial charge in [0.2, 0.25) is 0 Å². The molecule has 2 rings (SSSR count). The van der Waals surface area contributed by atoms with Gasteiger partial charge in [-0.25, -0.2) is 0 Å². The molecule has 26 heavy (non-hydrogen) atoms. The maximum atomic E-state index is 9.40. The van der Waals surface area contributed by atoms with E-state index in [2.05, 4.69) is 13.8 Å². The van der Waals surface area contributed by atoms with Crippen LogP contribution in [0.4, 0.5) is 0 Å². The van der Waals surface area contributed by atoms with Crippen molar-refractivity contribution < 1.29 is 14.7 Å². The molecule has 0 saturated heterocycles. The Bertz CT molecular complexity index is 593. The fourth-order valence-electron chi connectivity index (χ4n) is 3.08. The van der Waals surface area contributed by atoms with Crippen molar-refractivity contribution in [3.63, 3.8) is 0 Å². The summed E-state index contributed by atoms with van der Waals surface area (Å²) >= 11 is 3.73. The summed E-state index contributed by atoms with van der Waals surface area (Å²) in [7, 11) is 0. The maximum absolute atomic E-state index is 9.40. The van der Waals surface area contributed by atoms with Crippen LogP contribution in [0.1, 0.15) is 20.3 Å². The summed E-state index contributed by atoms with van der Waals surface area (Å²) in [5.41, 5.74) is 0. The van der Waals surface area contributed by atoms with Crippen molar-refractivity contribution in [3.8, 4) is 11.5 Å². The molecule has 0 aliphatic heterocycles. The second-order valence-electron chi connectivity index (χ2n) is 6.51. The number of phenols is 2. The highest BCUT2D eigenvalue weighted by Gasteiger charge is 2.23. The number of nitrogens with zero attached hydrogens (tertiary/aromatic N) is 1. The Morgan fingerprint density at radius 2 is 1.12 bits per heavy atom. The molecule has 0 unspecified atom stereocenters. The van der Waals surface area contributed by atoms with E-state index in [0.717, 1.165) is 35.6 Å². The zero-order valence-electron chi connectivity index (χ0n) is 15.7. The fourth-order valence-corrected chi connectivity index (χ4v) is 5.17. The Morgan fingerprint density at radius 1 is 0.692 bits per heavy atom. The number of quaternary nitrogens is 1. The van der Waals surface area contributed by atoms with Crippen LogP contribution in [0.15, 0.2) is 58.3 Å². The minimum atomic E-state index is 0.324. The Balaban J connectivity index is 1.86. The number of hydrogen-bond donors (Lipinski definition) is 2. The van der Waals surface area contributed by atoms with Gasteiger partial charge in [-0.05, 0) is 61.9 Å². The van der Waals surface area contributed by atoms with Gasteiger partial charge in [-0.15, -0.1) is 23.5 Å². The SMILES string of the molecule is CCC[N+](CC)(CCSc1ccc(O)cc1)CCSc1ccc(O)cc1. The van der Waals surface area contributed by atoms with Crippen LogP contribution >= 0.6 is 23.5 Å². The van der Waals surface area contributed by atoms with E-state index in [9.17, 15) is 10.2 Å². The number of hydrogen-bond acceptors (Lipinski definition) is 4. The molecule has 2 aromatic rings. The number of aromatic hydroxyl groups is 2. The molecule has 0 fully saturated rings. The highest BCUT2D eigenvalue weighted by atomic mass is 32.2. The minimum Gasteiger partial charge on any atom is -0.508 e. The molecular formula is C21H30NO2S2+. The molecule has 0 heterocycles. The van der Waals surface area contributed by atoms with Crippen LogP contribution < -0.4 is 0 Å². The molecule has 142 valence electrons. The zero-order valence-corrected chi connectivity index (χ0v) is 17.4. The lowest BCUT2D eigenvalue weighted by atomic mass is 10.3. The highest BCUT2D eigenvalue weighted by molar-refractivity contribution is 7.99. The molecule has 3 nitrogen and oxygen atoms in total. The van der Waals surface area contributed by atoms with Gasteiger partial charge in [0.25, 0.3) is 0 Å². The van der Waals surface area contributed by atoms with E-state index in [4.69, 9.17) is 0 Å². The van der Waals surface area contributed by atoms with E-state index in [1.807, 2.05) is 47.8 Å². The van der Waals surface area contributed by atoms with Gasteiger partial charge in [0.1, 0.15) is 11.5 Å².